The lowest BCUT2D eigenvalue weighted by molar-refractivity contribution is -0.137. The second-order valence-electron chi connectivity index (χ2n) is 8.84. The number of carbonyl (C=O) groups is 2. The van der Waals surface area contributed by atoms with Crippen molar-refractivity contribution in [2.75, 3.05) is 40.3 Å². The van der Waals surface area contributed by atoms with Gasteiger partial charge in [0.15, 0.2) is 17.6 Å². The number of hydrogen-bond acceptors (Lipinski definition) is 7. The third-order valence-corrected chi connectivity index (χ3v) is 6.37. The molecule has 0 fully saturated rings. The minimum absolute atomic E-state index is 0.101. The van der Waals surface area contributed by atoms with Crippen LogP contribution in [0.4, 0.5) is 5.69 Å². The van der Waals surface area contributed by atoms with Gasteiger partial charge in [0, 0.05) is 36.0 Å². The maximum Gasteiger partial charge on any atom is 0.263 e. The molecule has 4 rings (SSSR count). The fourth-order valence-corrected chi connectivity index (χ4v) is 4.31. The average molecular weight is 521 g/mol. The number of amides is 2. The van der Waals surface area contributed by atoms with Gasteiger partial charge < -0.3 is 33.9 Å². The Hall–Kier alpha value is -4.40. The average Bonchev–Trinajstić information content (AvgIpc) is 3.06. The van der Waals surface area contributed by atoms with Crippen molar-refractivity contribution in [2.24, 2.45) is 0 Å². The van der Waals surface area contributed by atoms with Crippen LogP contribution in [0.25, 0.3) is 0 Å². The SMILES string of the molecule is COc1cc(OC)cc(C(=O)Nc2ccc3c(c2)CN(CCc2ccc(OC)c(OC)c2)C(=O)[C@@H](C)O3)c1. The van der Waals surface area contributed by atoms with Gasteiger partial charge in [-0.1, -0.05) is 6.07 Å². The molecule has 1 atom stereocenters. The van der Waals surface area contributed by atoms with Gasteiger partial charge in [-0.2, -0.15) is 0 Å². The number of hydrogen-bond donors (Lipinski definition) is 1. The second-order valence-corrected chi connectivity index (χ2v) is 8.84. The van der Waals surface area contributed by atoms with Gasteiger partial charge in [-0.25, -0.2) is 0 Å². The molecule has 0 bridgehead atoms. The van der Waals surface area contributed by atoms with Crippen molar-refractivity contribution in [3.63, 3.8) is 0 Å². The van der Waals surface area contributed by atoms with Crippen LogP contribution in [0.2, 0.25) is 0 Å². The predicted molar refractivity (Wildman–Crippen MR) is 143 cm³/mol. The van der Waals surface area contributed by atoms with Gasteiger partial charge >= 0.3 is 0 Å². The molecule has 0 saturated carbocycles. The molecule has 0 saturated heterocycles. The number of rotatable bonds is 9. The number of anilines is 1. The van der Waals surface area contributed by atoms with Gasteiger partial charge in [-0.15, -0.1) is 0 Å². The molecule has 1 heterocycles. The van der Waals surface area contributed by atoms with E-state index in [0.717, 1.165) is 11.1 Å². The quantitative estimate of drug-likeness (QED) is 0.449. The molecule has 200 valence electrons. The topological polar surface area (TPSA) is 95.6 Å². The van der Waals surface area contributed by atoms with E-state index in [1.165, 1.54) is 14.2 Å². The lowest BCUT2D eigenvalue weighted by atomic mass is 10.1. The number of nitrogens with one attached hydrogen (secondary N) is 1. The summed E-state index contributed by atoms with van der Waals surface area (Å²) in [5.74, 6) is 2.52. The molecule has 3 aromatic rings. The normalized spacial score (nSPS) is 14.6. The van der Waals surface area contributed by atoms with E-state index in [1.54, 1.807) is 56.4 Å². The first-order valence-corrected chi connectivity index (χ1v) is 12.2. The lowest BCUT2D eigenvalue weighted by Crippen LogP contribution is -2.39. The number of fused-ring (bicyclic) bond motifs is 1. The maximum atomic E-state index is 13.1. The third kappa shape index (κ3) is 5.94. The van der Waals surface area contributed by atoms with E-state index in [-0.39, 0.29) is 11.8 Å². The van der Waals surface area contributed by atoms with Crippen LogP contribution in [0.1, 0.15) is 28.4 Å². The van der Waals surface area contributed by atoms with Crippen LogP contribution in [0.3, 0.4) is 0 Å². The monoisotopic (exact) mass is 520 g/mol. The highest BCUT2D eigenvalue weighted by Crippen LogP contribution is 2.31. The minimum Gasteiger partial charge on any atom is -0.497 e. The summed E-state index contributed by atoms with van der Waals surface area (Å²) < 4.78 is 27.2. The molecule has 1 aliphatic heterocycles. The van der Waals surface area contributed by atoms with Crippen LogP contribution in [0, 0.1) is 0 Å². The van der Waals surface area contributed by atoms with Gasteiger partial charge in [0.25, 0.3) is 11.8 Å². The first kappa shape index (κ1) is 26.7. The van der Waals surface area contributed by atoms with Crippen LogP contribution in [-0.4, -0.2) is 57.8 Å². The Morgan fingerprint density at radius 1 is 0.921 bits per heavy atom. The Labute approximate surface area is 222 Å². The van der Waals surface area contributed by atoms with Crippen molar-refractivity contribution in [2.45, 2.75) is 26.0 Å². The van der Waals surface area contributed by atoms with Crippen molar-refractivity contribution in [1.82, 2.24) is 4.90 Å². The van der Waals surface area contributed by atoms with Crippen LogP contribution in [0.5, 0.6) is 28.7 Å². The van der Waals surface area contributed by atoms with Gasteiger partial charge in [0.1, 0.15) is 17.2 Å². The summed E-state index contributed by atoms with van der Waals surface area (Å²) in [6.45, 7) is 2.58. The summed E-state index contributed by atoms with van der Waals surface area (Å²) in [5.41, 5.74) is 2.80. The molecular weight excluding hydrogens is 488 g/mol. The van der Waals surface area contributed by atoms with E-state index in [4.69, 9.17) is 23.7 Å². The highest BCUT2D eigenvalue weighted by molar-refractivity contribution is 6.05. The van der Waals surface area contributed by atoms with E-state index in [2.05, 4.69) is 5.32 Å². The highest BCUT2D eigenvalue weighted by atomic mass is 16.5. The van der Waals surface area contributed by atoms with Crippen LogP contribution in [0.15, 0.2) is 54.6 Å². The number of benzene rings is 3. The van der Waals surface area contributed by atoms with Gasteiger partial charge in [-0.3, -0.25) is 9.59 Å². The summed E-state index contributed by atoms with van der Waals surface area (Å²) in [7, 11) is 6.25. The standard InChI is InChI=1S/C29H32N2O7/c1-18-29(33)31(11-10-19-6-8-26(36-4)27(12-19)37-5)17-21-13-22(7-9-25(21)38-18)30-28(32)20-14-23(34-2)16-24(15-20)35-3/h6-9,12-16,18H,10-11,17H2,1-5H3,(H,30,32)/t18-/m1/s1. The molecule has 0 radical (unpaired) electrons. The van der Waals surface area contributed by atoms with E-state index in [1.807, 2.05) is 24.3 Å². The molecule has 1 N–H and O–H groups in total. The number of nitrogens with zero attached hydrogens (tertiary/aromatic N) is 1. The zero-order valence-electron chi connectivity index (χ0n) is 22.2. The first-order valence-electron chi connectivity index (χ1n) is 12.2. The fourth-order valence-electron chi connectivity index (χ4n) is 4.31. The van der Waals surface area contributed by atoms with Gasteiger partial charge in [0.05, 0.1) is 28.4 Å². The van der Waals surface area contributed by atoms with Crippen molar-refractivity contribution in [3.05, 3.63) is 71.3 Å². The molecule has 0 aromatic heterocycles. The summed E-state index contributed by atoms with van der Waals surface area (Å²) in [5, 5.41) is 2.92. The summed E-state index contributed by atoms with van der Waals surface area (Å²) in [4.78, 5) is 27.8. The van der Waals surface area contributed by atoms with Crippen molar-refractivity contribution >= 4 is 17.5 Å². The van der Waals surface area contributed by atoms with Crippen molar-refractivity contribution in [3.8, 4) is 28.7 Å². The van der Waals surface area contributed by atoms with E-state index in [0.29, 0.717) is 59.5 Å². The molecule has 0 aliphatic carbocycles. The Morgan fingerprint density at radius 3 is 2.29 bits per heavy atom. The molecular formula is C29H32N2O7. The maximum absolute atomic E-state index is 13.1. The molecule has 3 aromatic carbocycles. The molecule has 0 spiro atoms. The van der Waals surface area contributed by atoms with E-state index < -0.39 is 6.10 Å². The van der Waals surface area contributed by atoms with Crippen LogP contribution < -0.4 is 29.0 Å². The Morgan fingerprint density at radius 2 is 1.63 bits per heavy atom. The summed E-state index contributed by atoms with van der Waals surface area (Å²) in [6.07, 6.45) is -0.00579. The number of carbonyl (C=O) groups excluding carboxylic acids is 2. The largest absolute Gasteiger partial charge is 0.497 e. The molecule has 38 heavy (non-hydrogen) atoms. The number of ether oxygens (including phenoxy) is 5. The summed E-state index contributed by atoms with van der Waals surface area (Å²) >= 11 is 0. The van der Waals surface area contributed by atoms with E-state index in [9.17, 15) is 9.59 Å². The zero-order chi connectivity index (χ0) is 27.2. The molecule has 9 heteroatoms. The molecule has 2 amide bonds. The Balaban J connectivity index is 1.51. The third-order valence-electron chi connectivity index (χ3n) is 6.37. The van der Waals surface area contributed by atoms with Crippen LogP contribution >= 0.6 is 0 Å². The van der Waals surface area contributed by atoms with Gasteiger partial charge in [0.2, 0.25) is 0 Å². The highest BCUT2D eigenvalue weighted by Gasteiger charge is 2.28. The minimum atomic E-state index is -0.633. The van der Waals surface area contributed by atoms with Crippen molar-refractivity contribution < 1.29 is 33.3 Å². The van der Waals surface area contributed by atoms with E-state index >= 15 is 0 Å². The smallest absolute Gasteiger partial charge is 0.263 e. The molecule has 0 unspecified atom stereocenters. The van der Waals surface area contributed by atoms with Crippen LogP contribution in [-0.2, 0) is 17.8 Å². The Bertz CT molecular complexity index is 1300. The molecule has 1 aliphatic rings. The zero-order valence-corrected chi connectivity index (χ0v) is 22.2. The lowest BCUT2D eigenvalue weighted by Gasteiger charge is -2.22. The van der Waals surface area contributed by atoms with Crippen molar-refractivity contribution in [1.29, 1.82) is 0 Å². The van der Waals surface area contributed by atoms with Gasteiger partial charge in [-0.05, 0) is 61.4 Å². The predicted octanol–water partition coefficient (Wildman–Crippen LogP) is 4.33. The number of methoxy groups -OCH3 is 4. The Kier molecular flexibility index (Phi) is 8.25. The first-order chi connectivity index (χ1) is 18.3. The molecule has 9 nitrogen and oxygen atoms in total. The second kappa shape index (κ2) is 11.8. The summed E-state index contributed by atoms with van der Waals surface area (Å²) in [6, 6.07) is 16.1. The fraction of sp³-hybridized carbons (Fsp3) is 0.310.